The molecule has 0 amide bonds. The molecule has 2 atom stereocenters. The highest BCUT2D eigenvalue weighted by Gasteiger charge is 2.38. The Morgan fingerprint density at radius 2 is 2.00 bits per heavy atom. The maximum atomic E-state index is 8.82. The Labute approximate surface area is 126 Å². The van der Waals surface area contributed by atoms with Crippen LogP contribution in [0.3, 0.4) is 0 Å². The summed E-state index contributed by atoms with van der Waals surface area (Å²) >= 11 is 0. The number of rotatable bonds is 9. The molecule has 0 spiro atoms. The largest absolute Gasteiger partial charge is 0.396 e. The number of aliphatic hydroxyl groups is 1. The Balaban J connectivity index is 2.42. The van der Waals surface area contributed by atoms with Gasteiger partial charge in [-0.1, -0.05) is 27.2 Å². The first kappa shape index (κ1) is 17.9. The van der Waals surface area contributed by atoms with E-state index in [9.17, 15) is 0 Å². The minimum atomic E-state index is 0.336. The second-order valence-corrected chi connectivity index (χ2v) is 7.22. The van der Waals surface area contributed by atoms with Gasteiger partial charge in [-0.3, -0.25) is 0 Å². The molecule has 0 saturated heterocycles. The first-order valence-electron chi connectivity index (χ1n) is 8.54. The number of aliphatic hydroxyl groups excluding tert-OH is 1. The maximum absolute atomic E-state index is 8.82. The quantitative estimate of drug-likeness (QED) is 0.639. The molecule has 2 unspecified atom stereocenters. The van der Waals surface area contributed by atoms with Crippen molar-refractivity contribution in [2.75, 3.05) is 33.3 Å². The smallest absolute Gasteiger partial charge is 0.0431 e. The van der Waals surface area contributed by atoms with Crippen LogP contribution in [0.5, 0.6) is 0 Å². The fourth-order valence-electron chi connectivity index (χ4n) is 3.80. The summed E-state index contributed by atoms with van der Waals surface area (Å²) in [4.78, 5) is 2.49. The summed E-state index contributed by atoms with van der Waals surface area (Å²) in [5.41, 5.74) is 0.427. The number of nitrogens with zero attached hydrogens (tertiary/aromatic N) is 1. The van der Waals surface area contributed by atoms with Crippen molar-refractivity contribution in [3.63, 3.8) is 0 Å². The summed E-state index contributed by atoms with van der Waals surface area (Å²) in [5.74, 6) is 0.779. The zero-order chi connectivity index (χ0) is 15.0. The lowest BCUT2D eigenvalue weighted by molar-refractivity contribution is 0.0859. The maximum Gasteiger partial charge on any atom is 0.0431 e. The van der Waals surface area contributed by atoms with E-state index < -0.39 is 0 Å². The van der Waals surface area contributed by atoms with Crippen molar-refractivity contribution in [1.82, 2.24) is 10.2 Å². The molecule has 1 aliphatic rings. The van der Waals surface area contributed by atoms with Crippen molar-refractivity contribution in [3.8, 4) is 0 Å². The molecule has 120 valence electrons. The van der Waals surface area contributed by atoms with Gasteiger partial charge in [0.15, 0.2) is 0 Å². The van der Waals surface area contributed by atoms with Gasteiger partial charge >= 0.3 is 0 Å². The molecule has 0 aromatic carbocycles. The zero-order valence-electron chi connectivity index (χ0n) is 14.1. The van der Waals surface area contributed by atoms with Crippen LogP contribution in [-0.4, -0.2) is 49.3 Å². The molecule has 1 rings (SSSR count). The highest BCUT2D eigenvalue weighted by Crippen LogP contribution is 2.39. The van der Waals surface area contributed by atoms with Gasteiger partial charge in [0, 0.05) is 19.2 Å². The lowest BCUT2D eigenvalue weighted by atomic mass is 9.67. The average Bonchev–Trinajstić information content (AvgIpc) is 2.38. The second kappa shape index (κ2) is 9.01. The van der Waals surface area contributed by atoms with Crippen LogP contribution in [-0.2, 0) is 0 Å². The van der Waals surface area contributed by atoms with Gasteiger partial charge in [0.1, 0.15) is 0 Å². The number of hydrogen-bond donors (Lipinski definition) is 2. The molecule has 20 heavy (non-hydrogen) atoms. The summed E-state index contributed by atoms with van der Waals surface area (Å²) in [6.45, 7) is 10.9. The topological polar surface area (TPSA) is 35.5 Å². The average molecular weight is 284 g/mol. The summed E-state index contributed by atoms with van der Waals surface area (Å²) in [6.07, 6.45) is 7.39. The number of hydrogen-bond acceptors (Lipinski definition) is 3. The first-order chi connectivity index (χ1) is 9.51. The molecule has 1 fully saturated rings. The van der Waals surface area contributed by atoms with E-state index in [0.717, 1.165) is 31.8 Å². The van der Waals surface area contributed by atoms with Gasteiger partial charge in [-0.05, 0) is 63.6 Å². The molecule has 2 N–H and O–H groups in total. The van der Waals surface area contributed by atoms with Gasteiger partial charge in [0.05, 0.1) is 0 Å². The van der Waals surface area contributed by atoms with E-state index in [1.807, 2.05) is 0 Å². The van der Waals surface area contributed by atoms with Crippen molar-refractivity contribution in [1.29, 1.82) is 0 Å². The summed E-state index contributed by atoms with van der Waals surface area (Å²) in [6, 6.07) is 0.654. The van der Waals surface area contributed by atoms with Crippen LogP contribution < -0.4 is 5.32 Å². The fraction of sp³-hybridized carbons (Fsp3) is 1.00. The molecule has 0 heterocycles. The predicted molar refractivity (Wildman–Crippen MR) is 87.0 cm³/mol. The molecule has 0 radical (unpaired) electrons. The van der Waals surface area contributed by atoms with Crippen LogP contribution in [0.2, 0.25) is 0 Å². The summed E-state index contributed by atoms with van der Waals surface area (Å²) in [5, 5.41) is 12.6. The Morgan fingerprint density at radius 1 is 1.25 bits per heavy atom. The van der Waals surface area contributed by atoms with Crippen molar-refractivity contribution in [2.45, 2.75) is 65.3 Å². The molecule has 3 heteroatoms. The zero-order valence-corrected chi connectivity index (χ0v) is 14.1. The van der Waals surface area contributed by atoms with Crippen molar-refractivity contribution in [2.24, 2.45) is 11.3 Å². The predicted octanol–water partition coefficient (Wildman–Crippen LogP) is 2.89. The van der Waals surface area contributed by atoms with Crippen LogP contribution >= 0.6 is 0 Å². The monoisotopic (exact) mass is 284 g/mol. The Bertz CT molecular complexity index is 255. The third-order valence-corrected chi connectivity index (χ3v) is 4.88. The molecule has 0 aromatic rings. The standard InChI is InChI=1S/C17H36N2O/c1-5-18-16-15(10-9-11-17(16,2)3)14-19(4)12-7-6-8-13-20/h15-16,18,20H,5-14H2,1-4H3. The van der Waals surface area contributed by atoms with Gasteiger partial charge in [-0.25, -0.2) is 0 Å². The van der Waals surface area contributed by atoms with Crippen LogP contribution in [0.1, 0.15) is 59.3 Å². The highest BCUT2D eigenvalue weighted by atomic mass is 16.2. The second-order valence-electron chi connectivity index (χ2n) is 7.22. The lowest BCUT2D eigenvalue weighted by Gasteiger charge is -2.45. The van der Waals surface area contributed by atoms with Gasteiger partial charge in [0.2, 0.25) is 0 Å². The highest BCUT2D eigenvalue weighted by molar-refractivity contribution is 4.94. The van der Waals surface area contributed by atoms with E-state index in [2.05, 4.69) is 38.0 Å². The number of unbranched alkanes of at least 4 members (excludes halogenated alkanes) is 2. The van der Waals surface area contributed by atoms with Crippen molar-refractivity contribution >= 4 is 0 Å². The first-order valence-corrected chi connectivity index (χ1v) is 8.54. The van der Waals surface area contributed by atoms with Crippen LogP contribution in [0, 0.1) is 11.3 Å². The molecule has 0 bridgehead atoms. The fourth-order valence-corrected chi connectivity index (χ4v) is 3.80. The Hall–Kier alpha value is -0.120. The SMILES string of the molecule is CCNC1C(CN(C)CCCCCO)CCCC1(C)C. The van der Waals surface area contributed by atoms with Gasteiger partial charge < -0.3 is 15.3 Å². The minimum absolute atomic E-state index is 0.336. The van der Waals surface area contributed by atoms with Crippen molar-refractivity contribution in [3.05, 3.63) is 0 Å². The molecule has 1 saturated carbocycles. The summed E-state index contributed by atoms with van der Waals surface area (Å²) < 4.78 is 0. The number of nitrogens with one attached hydrogen (secondary N) is 1. The van der Waals surface area contributed by atoms with E-state index in [-0.39, 0.29) is 0 Å². The molecule has 1 aliphatic carbocycles. The van der Waals surface area contributed by atoms with Gasteiger partial charge in [-0.2, -0.15) is 0 Å². The third kappa shape index (κ3) is 5.71. The van der Waals surface area contributed by atoms with E-state index >= 15 is 0 Å². The molecule has 0 aliphatic heterocycles. The van der Waals surface area contributed by atoms with E-state index in [4.69, 9.17) is 5.11 Å². The Kier molecular flexibility index (Phi) is 8.08. The minimum Gasteiger partial charge on any atom is -0.396 e. The van der Waals surface area contributed by atoms with E-state index in [0.29, 0.717) is 18.1 Å². The van der Waals surface area contributed by atoms with E-state index in [1.165, 1.54) is 32.2 Å². The molecular formula is C17H36N2O. The van der Waals surface area contributed by atoms with Gasteiger partial charge in [0.25, 0.3) is 0 Å². The van der Waals surface area contributed by atoms with Gasteiger partial charge in [-0.15, -0.1) is 0 Å². The third-order valence-electron chi connectivity index (χ3n) is 4.88. The lowest BCUT2D eigenvalue weighted by Crippen LogP contribution is -2.52. The molecular weight excluding hydrogens is 248 g/mol. The van der Waals surface area contributed by atoms with Crippen LogP contribution in [0.4, 0.5) is 0 Å². The summed E-state index contributed by atoms with van der Waals surface area (Å²) in [7, 11) is 2.25. The normalized spacial score (nSPS) is 26.1. The molecule has 0 aromatic heterocycles. The van der Waals surface area contributed by atoms with Crippen LogP contribution in [0.25, 0.3) is 0 Å². The van der Waals surface area contributed by atoms with Crippen LogP contribution in [0.15, 0.2) is 0 Å². The van der Waals surface area contributed by atoms with E-state index in [1.54, 1.807) is 0 Å². The molecule has 3 nitrogen and oxygen atoms in total. The van der Waals surface area contributed by atoms with Crippen molar-refractivity contribution < 1.29 is 5.11 Å². The Morgan fingerprint density at radius 3 is 2.65 bits per heavy atom.